The topological polar surface area (TPSA) is 29.1 Å². The maximum absolute atomic E-state index is 12.2. The van der Waals surface area contributed by atoms with Crippen LogP contribution in [0.1, 0.15) is 54.2 Å². The molecule has 0 aromatic heterocycles. The molecule has 0 bridgehead atoms. The molecule has 0 aliphatic carbocycles. The summed E-state index contributed by atoms with van der Waals surface area (Å²) < 4.78 is 0. The zero-order valence-electron chi connectivity index (χ0n) is 14.6. The van der Waals surface area contributed by atoms with Gasteiger partial charge in [0.1, 0.15) is 0 Å². The number of amides is 1. The summed E-state index contributed by atoms with van der Waals surface area (Å²) in [6.07, 6.45) is 1.94. The minimum Gasteiger partial charge on any atom is -0.352 e. The Labute approximate surface area is 139 Å². The number of carbonyl (C=O) groups excluding carboxylic acids is 1. The lowest BCUT2D eigenvalue weighted by molar-refractivity contribution is 0.0953. The molecule has 2 rings (SSSR count). The predicted octanol–water partition coefficient (Wildman–Crippen LogP) is 4.66. The van der Waals surface area contributed by atoms with Gasteiger partial charge in [0, 0.05) is 12.1 Å². The van der Waals surface area contributed by atoms with E-state index in [2.05, 4.69) is 57.3 Å². The smallest absolute Gasteiger partial charge is 0.251 e. The highest BCUT2D eigenvalue weighted by Crippen LogP contribution is 2.22. The zero-order valence-corrected chi connectivity index (χ0v) is 14.6. The number of carbonyl (C=O) groups is 1. The van der Waals surface area contributed by atoms with E-state index in [1.807, 2.05) is 24.3 Å². The monoisotopic (exact) mass is 309 g/mol. The summed E-state index contributed by atoms with van der Waals surface area (Å²) in [5, 5.41) is 3.00. The lowest BCUT2D eigenvalue weighted by Gasteiger charge is -2.19. The normalized spacial score (nSPS) is 11.3. The fraction of sp³-hybridized carbons (Fsp3) is 0.381. The Morgan fingerprint density at radius 2 is 1.57 bits per heavy atom. The number of hydrogen-bond donors (Lipinski definition) is 1. The van der Waals surface area contributed by atoms with Gasteiger partial charge in [-0.2, -0.15) is 0 Å². The van der Waals surface area contributed by atoms with Gasteiger partial charge in [0.25, 0.3) is 5.91 Å². The van der Waals surface area contributed by atoms with Gasteiger partial charge < -0.3 is 5.32 Å². The van der Waals surface area contributed by atoms with Gasteiger partial charge in [0.15, 0.2) is 0 Å². The summed E-state index contributed by atoms with van der Waals surface area (Å²) in [6, 6.07) is 16.5. The van der Waals surface area contributed by atoms with E-state index in [1.54, 1.807) is 0 Å². The van der Waals surface area contributed by atoms with Crippen LogP contribution < -0.4 is 5.32 Å². The van der Waals surface area contributed by atoms with Gasteiger partial charge in [-0.05, 0) is 48.4 Å². The zero-order chi connectivity index (χ0) is 16.9. The van der Waals surface area contributed by atoms with Crippen LogP contribution >= 0.6 is 0 Å². The number of nitrogens with one attached hydrogen (secondary N) is 1. The van der Waals surface area contributed by atoms with Crippen molar-refractivity contribution in [2.24, 2.45) is 0 Å². The van der Waals surface area contributed by atoms with E-state index in [4.69, 9.17) is 0 Å². The van der Waals surface area contributed by atoms with Crippen LogP contribution in [0.2, 0.25) is 0 Å². The van der Waals surface area contributed by atoms with Crippen molar-refractivity contribution in [1.29, 1.82) is 0 Å². The average molecular weight is 309 g/mol. The average Bonchev–Trinajstić information content (AvgIpc) is 2.52. The molecule has 0 heterocycles. The Morgan fingerprint density at radius 1 is 0.957 bits per heavy atom. The Hall–Kier alpha value is -2.09. The van der Waals surface area contributed by atoms with Gasteiger partial charge in [-0.1, -0.05) is 62.7 Å². The second-order valence-corrected chi connectivity index (χ2v) is 7.17. The van der Waals surface area contributed by atoms with Crippen molar-refractivity contribution in [1.82, 2.24) is 5.32 Å². The highest BCUT2D eigenvalue weighted by molar-refractivity contribution is 5.94. The highest BCUT2D eigenvalue weighted by atomic mass is 16.1. The molecule has 2 heteroatoms. The predicted molar refractivity (Wildman–Crippen MR) is 97.0 cm³/mol. The number of hydrogen-bond acceptors (Lipinski definition) is 1. The minimum atomic E-state index is 0.00867. The minimum absolute atomic E-state index is 0.00867. The van der Waals surface area contributed by atoms with E-state index in [9.17, 15) is 4.79 Å². The second kappa shape index (κ2) is 7.45. The van der Waals surface area contributed by atoms with Crippen LogP contribution in [-0.4, -0.2) is 12.5 Å². The molecule has 0 aliphatic heterocycles. The third-order valence-electron chi connectivity index (χ3n) is 4.06. The largest absolute Gasteiger partial charge is 0.352 e. The summed E-state index contributed by atoms with van der Waals surface area (Å²) in [5.41, 5.74) is 4.69. The lowest BCUT2D eigenvalue weighted by atomic mass is 9.87. The van der Waals surface area contributed by atoms with Crippen molar-refractivity contribution in [3.8, 4) is 0 Å². The molecule has 0 unspecified atom stereocenters. The number of benzene rings is 2. The molecule has 0 atom stereocenters. The van der Waals surface area contributed by atoms with Crippen molar-refractivity contribution >= 4 is 5.91 Å². The molecule has 2 aromatic rings. The van der Waals surface area contributed by atoms with Gasteiger partial charge in [0.05, 0.1) is 0 Å². The van der Waals surface area contributed by atoms with E-state index >= 15 is 0 Å². The van der Waals surface area contributed by atoms with Crippen LogP contribution in [0.4, 0.5) is 0 Å². The summed E-state index contributed by atoms with van der Waals surface area (Å²) in [4.78, 5) is 12.2. The first kappa shape index (κ1) is 17.3. The first-order valence-corrected chi connectivity index (χ1v) is 8.30. The first-order valence-electron chi connectivity index (χ1n) is 8.30. The van der Waals surface area contributed by atoms with Crippen LogP contribution in [0.5, 0.6) is 0 Å². The SMILES string of the molecule is Cc1ccc(CCCNC(=O)c2ccc(C(C)(C)C)cc2)cc1. The second-order valence-electron chi connectivity index (χ2n) is 7.17. The summed E-state index contributed by atoms with van der Waals surface area (Å²) in [7, 11) is 0. The van der Waals surface area contributed by atoms with Gasteiger partial charge >= 0.3 is 0 Å². The molecule has 0 saturated carbocycles. The maximum atomic E-state index is 12.2. The van der Waals surface area contributed by atoms with E-state index in [1.165, 1.54) is 16.7 Å². The lowest BCUT2D eigenvalue weighted by Crippen LogP contribution is -2.25. The molecule has 0 spiro atoms. The van der Waals surface area contributed by atoms with Crippen molar-refractivity contribution < 1.29 is 4.79 Å². The first-order chi connectivity index (χ1) is 10.9. The van der Waals surface area contributed by atoms with Crippen LogP contribution in [0.3, 0.4) is 0 Å². The molecule has 122 valence electrons. The molecule has 23 heavy (non-hydrogen) atoms. The van der Waals surface area contributed by atoms with Gasteiger partial charge in [-0.15, -0.1) is 0 Å². The third-order valence-corrected chi connectivity index (χ3v) is 4.06. The van der Waals surface area contributed by atoms with Gasteiger partial charge in [-0.3, -0.25) is 4.79 Å². The van der Waals surface area contributed by atoms with Crippen molar-refractivity contribution in [2.75, 3.05) is 6.54 Å². The van der Waals surface area contributed by atoms with Gasteiger partial charge in [0.2, 0.25) is 0 Å². The fourth-order valence-electron chi connectivity index (χ4n) is 2.47. The van der Waals surface area contributed by atoms with Crippen LogP contribution in [0, 0.1) is 6.92 Å². The molecule has 0 saturated heterocycles. The Bertz CT molecular complexity index is 633. The molecule has 0 aliphatic rings. The van der Waals surface area contributed by atoms with E-state index in [0.717, 1.165) is 18.4 Å². The molecular weight excluding hydrogens is 282 g/mol. The van der Waals surface area contributed by atoms with Crippen LogP contribution in [-0.2, 0) is 11.8 Å². The summed E-state index contributed by atoms with van der Waals surface area (Å²) in [5.74, 6) is 0.00867. The van der Waals surface area contributed by atoms with Crippen molar-refractivity contribution in [3.05, 3.63) is 70.8 Å². The van der Waals surface area contributed by atoms with Crippen LogP contribution in [0.25, 0.3) is 0 Å². The molecule has 2 nitrogen and oxygen atoms in total. The van der Waals surface area contributed by atoms with E-state index in [0.29, 0.717) is 6.54 Å². The van der Waals surface area contributed by atoms with E-state index < -0.39 is 0 Å². The fourth-order valence-corrected chi connectivity index (χ4v) is 2.47. The molecular formula is C21H27NO. The summed E-state index contributed by atoms with van der Waals surface area (Å²) >= 11 is 0. The quantitative estimate of drug-likeness (QED) is 0.800. The molecule has 1 amide bonds. The molecule has 2 aromatic carbocycles. The number of aryl methyl sites for hydroxylation is 2. The Balaban J connectivity index is 1.79. The van der Waals surface area contributed by atoms with Gasteiger partial charge in [-0.25, -0.2) is 0 Å². The maximum Gasteiger partial charge on any atom is 0.251 e. The standard InChI is InChI=1S/C21H27NO/c1-16-7-9-17(10-8-16)6-5-15-22-20(23)18-11-13-19(14-12-18)21(2,3)4/h7-14H,5-6,15H2,1-4H3,(H,22,23). The van der Waals surface area contributed by atoms with Crippen LogP contribution in [0.15, 0.2) is 48.5 Å². The van der Waals surface area contributed by atoms with Crippen molar-refractivity contribution in [2.45, 2.75) is 46.0 Å². The molecule has 0 fully saturated rings. The third kappa shape index (κ3) is 5.24. The Morgan fingerprint density at radius 3 is 2.13 bits per heavy atom. The number of rotatable bonds is 5. The van der Waals surface area contributed by atoms with Crippen molar-refractivity contribution in [3.63, 3.8) is 0 Å². The highest BCUT2D eigenvalue weighted by Gasteiger charge is 2.14. The Kier molecular flexibility index (Phi) is 5.59. The molecule has 1 N–H and O–H groups in total. The molecule has 0 radical (unpaired) electrons. The van der Waals surface area contributed by atoms with E-state index in [-0.39, 0.29) is 11.3 Å². The summed E-state index contributed by atoms with van der Waals surface area (Å²) in [6.45, 7) is 9.32.